The van der Waals surface area contributed by atoms with Gasteiger partial charge in [-0.3, -0.25) is 9.59 Å². The number of nitrogens with one attached hydrogen (secondary N) is 3. The maximum Gasteiger partial charge on any atom is 0.323 e. The van der Waals surface area contributed by atoms with E-state index in [9.17, 15) is 14.4 Å². The van der Waals surface area contributed by atoms with Gasteiger partial charge in [0.15, 0.2) is 0 Å². The molecule has 0 saturated carbocycles. The molecule has 0 heterocycles. The molecule has 0 aliphatic carbocycles. The van der Waals surface area contributed by atoms with E-state index in [2.05, 4.69) is 16.0 Å². The fraction of sp³-hybridized carbons (Fsp3) is 0.160. The molecule has 0 saturated heterocycles. The van der Waals surface area contributed by atoms with Gasteiger partial charge in [0.1, 0.15) is 0 Å². The lowest BCUT2D eigenvalue weighted by atomic mass is 10.1. The van der Waals surface area contributed by atoms with Gasteiger partial charge in [-0.2, -0.15) is 0 Å². The van der Waals surface area contributed by atoms with Crippen LogP contribution in [0, 0.1) is 6.92 Å². The van der Waals surface area contributed by atoms with E-state index in [1.807, 2.05) is 37.3 Å². The number of carbonyl (C=O) groups excluding carboxylic acids is 2. The number of benzene rings is 3. The highest BCUT2D eigenvalue weighted by molar-refractivity contribution is 6.00. The molecule has 7 heteroatoms. The second kappa shape index (κ2) is 10.8. The summed E-state index contributed by atoms with van der Waals surface area (Å²) in [5.74, 6) is -1.04. The lowest BCUT2D eigenvalue weighted by molar-refractivity contribution is -0.137. The molecule has 7 nitrogen and oxygen atoms in total. The molecule has 0 unspecified atom stereocenters. The molecule has 0 aliphatic rings. The molecule has 0 bridgehead atoms. The van der Waals surface area contributed by atoms with Gasteiger partial charge in [-0.15, -0.1) is 0 Å². The van der Waals surface area contributed by atoms with E-state index in [0.717, 1.165) is 22.4 Å². The number of aliphatic carboxylic acids is 1. The van der Waals surface area contributed by atoms with Gasteiger partial charge in [0, 0.05) is 23.5 Å². The number of carboxylic acids is 1. The van der Waals surface area contributed by atoms with Crippen LogP contribution in [0.4, 0.5) is 21.9 Å². The average Bonchev–Trinajstić information content (AvgIpc) is 2.75. The summed E-state index contributed by atoms with van der Waals surface area (Å²) in [5.41, 5.74) is 4.61. The fourth-order valence-electron chi connectivity index (χ4n) is 3.15. The number of hydrogen-bond donors (Lipinski definition) is 4. The highest BCUT2D eigenvalue weighted by atomic mass is 16.4. The van der Waals surface area contributed by atoms with Gasteiger partial charge in [0.25, 0.3) is 0 Å². The third kappa shape index (κ3) is 6.98. The molecule has 3 amide bonds. The van der Waals surface area contributed by atoms with Crippen molar-refractivity contribution in [1.29, 1.82) is 0 Å². The first-order chi connectivity index (χ1) is 15.4. The summed E-state index contributed by atoms with van der Waals surface area (Å²) < 4.78 is 0. The smallest absolute Gasteiger partial charge is 0.323 e. The van der Waals surface area contributed by atoms with Crippen molar-refractivity contribution in [1.82, 2.24) is 0 Å². The largest absolute Gasteiger partial charge is 0.481 e. The summed E-state index contributed by atoms with van der Waals surface area (Å²) in [6.45, 7) is 1.92. The molecule has 3 aromatic carbocycles. The summed E-state index contributed by atoms with van der Waals surface area (Å²) in [6, 6.07) is 21.4. The van der Waals surface area contributed by atoms with Crippen LogP contribution in [0.5, 0.6) is 0 Å². The zero-order chi connectivity index (χ0) is 22.9. The zero-order valence-corrected chi connectivity index (χ0v) is 17.7. The number of anilines is 3. The molecular weight excluding hydrogens is 406 g/mol. The third-order valence-corrected chi connectivity index (χ3v) is 4.81. The minimum absolute atomic E-state index is 0.0424. The number of carboxylic acid groups (broad SMARTS) is 1. The minimum atomic E-state index is -0.856. The monoisotopic (exact) mass is 431 g/mol. The molecule has 3 aromatic rings. The molecule has 0 spiro atoms. The summed E-state index contributed by atoms with van der Waals surface area (Å²) in [4.78, 5) is 35.3. The van der Waals surface area contributed by atoms with Gasteiger partial charge >= 0.3 is 12.0 Å². The summed E-state index contributed by atoms with van der Waals surface area (Å²) in [7, 11) is 0. The second-order valence-corrected chi connectivity index (χ2v) is 7.41. The van der Waals surface area contributed by atoms with Gasteiger partial charge in [0.05, 0.1) is 6.42 Å². The van der Waals surface area contributed by atoms with Crippen LogP contribution in [0.3, 0.4) is 0 Å². The Labute approximate surface area is 186 Å². The van der Waals surface area contributed by atoms with E-state index in [4.69, 9.17) is 5.11 Å². The predicted molar refractivity (Wildman–Crippen MR) is 125 cm³/mol. The van der Waals surface area contributed by atoms with E-state index in [1.54, 1.807) is 42.5 Å². The molecule has 0 fully saturated rings. The molecule has 0 aromatic heterocycles. The number of rotatable bonds is 8. The highest BCUT2D eigenvalue weighted by Crippen LogP contribution is 2.16. The van der Waals surface area contributed by atoms with Gasteiger partial charge in [-0.1, -0.05) is 42.5 Å². The van der Waals surface area contributed by atoms with Crippen LogP contribution in [-0.4, -0.2) is 23.0 Å². The zero-order valence-electron chi connectivity index (χ0n) is 17.7. The third-order valence-electron chi connectivity index (χ3n) is 4.81. The van der Waals surface area contributed by atoms with Crippen LogP contribution < -0.4 is 16.0 Å². The fourth-order valence-corrected chi connectivity index (χ4v) is 3.15. The lowest BCUT2D eigenvalue weighted by Gasteiger charge is -2.10. The topological polar surface area (TPSA) is 108 Å². The minimum Gasteiger partial charge on any atom is -0.481 e. The summed E-state index contributed by atoms with van der Waals surface area (Å²) in [5, 5.41) is 17.2. The predicted octanol–water partition coefficient (Wildman–Crippen LogP) is 4.84. The molecule has 164 valence electrons. The Bertz CT molecular complexity index is 1110. The Morgan fingerprint density at radius 3 is 2.25 bits per heavy atom. The molecule has 3 rings (SSSR count). The van der Waals surface area contributed by atoms with Crippen molar-refractivity contribution in [3.05, 3.63) is 89.5 Å². The number of hydrogen-bond acceptors (Lipinski definition) is 3. The van der Waals surface area contributed by atoms with E-state index in [1.165, 1.54) is 0 Å². The van der Waals surface area contributed by atoms with E-state index >= 15 is 0 Å². The Morgan fingerprint density at radius 1 is 0.781 bits per heavy atom. The molecule has 32 heavy (non-hydrogen) atoms. The van der Waals surface area contributed by atoms with Crippen molar-refractivity contribution >= 4 is 35.0 Å². The average molecular weight is 431 g/mol. The highest BCUT2D eigenvalue weighted by Gasteiger charge is 2.08. The van der Waals surface area contributed by atoms with E-state index in [0.29, 0.717) is 17.8 Å². The Hall–Kier alpha value is -4.13. The van der Waals surface area contributed by atoms with Crippen LogP contribution in [0.25, 0.3) is 0 Å². The maximum atomic E-state index is 12.4. The lowest BCUT2D eigenvalue weighted by Crippen LogP contribution is -2.20. The first-order valence-electron chi connectivity index (χ1n) is 10.2. The number of carbonyl (C=O) groups is 3. The first kappa shape index (κ1) is 22.6. The van der Waals surface area contributed by atoms with Crippen LogP contribution in [0.15, 0.2) is 72.8 Å². The van der Waals surface area contributed by atoms with Gasteiger partial charge < -0.3 is 21.1 Å². The van der Waals surface area contributed by atoms with Crippen LogP contribution >= 0.6 is 0 Å². The molecule has 0 radical (unpaired) electrons. The summed E-state index contributed by atoms with van der Waals surface area (Å²) in [6.07, 6.45) is 0.626. The van der Waals surface area contributed by atoms with Crippen molar-refractivity contribution < 1.29 is 19.5 Å². The van der Waals surface area contributed by atoms with Crippen LogP contribution in [-0.2, 0) is 22.4 Å². The normalized spacial score (nSPS) is 10.3. The van der Waals surface area contributed by atoms with Crippen molar-refractivity contribution in [2.75, 3.05) is 16.0 Å². The van der Waals surface area contributed by atoms with Gasteiger partial charge in [0.2, 0.25) is 5.91 Å². The van der Waals surface area contributed by atoms with Crippen molar-refractivity contribution in [3.63, 3.8) is 0 Å². The summed E-state index contributed by atoms with van der Waals surface area (Å²) >= 11 is 0. The Morgan fingerprint density at radius 2 is 1.53 bits per heavy atom. The Balaban J connectivity index is 1.51. The number of para-hydroxylation sites is 1. The van der Waals surface area contributed by atoms with Gasteiger partial charge in [-0.25, -0.2) is 4.79 Å². The molecule has 0 atom stereocenters. The maximum absolute atomic E-state index is 12.4. The SMILES string of the molecule is Cc1ccccc1NC(=O)Nc1ccc(CC(=O)Nc2cccc(CCC(=O)O)c2)cc1. The number of aryl methyl sites for hydroxylation is 2. The van der Waals surface area contributed by atoms with Crippen molar-refractivity contribution in [2.24, 2.45) is 0 Å². The quantitative estimate of drug-likeness (QED) is 0.409. The number of urea groups is 1. The van der Waals surface area contributed by atoms with Crippen LogP contribution in [0.1, 0.15) is 23.1 Å². The molecule has 4 N–H and O–H groups in total. The first-order valence-corrected chi connectivity index (χ1v) is 10.2. The second-order valence-electron chi connectivity index (χ2n) is 7.41. The van der Waals surface area contributed by atoms with E-state index in [-0.39, 0.29) is 24.8 Å². The molecule has 0 aliphatic heterocycles. The van der Waals surface area contributed by atoms with Crippen molar-refractivity contribution in [2.45, 2.75) is 26.2 Å². The van der Waals surface area contributed by atoms with E-state index < -0.39 is 5.97 Å². The van der Waals surface area contributed by atoms with Crippen LogP contribution in [0.2, 0.25) is 0 Å². The molecular formula is C25H25N3O4. The Kier molecular flexibility index (Phi) is 7.59. The standard InChI is InChI=1S/C25H25N3O4/c1-17-5-2-3-8-22(17)28-25(32)27-20-12-9-19(10-13-20)16-23(29)26-21-7-4-6-18(15-21)11-14-24(30)31/h2-10,12-13,15H,11,14,16H2,1H3,(H,26,29)(H,30,31)(H2,27,28,32). The van der Waals surface area contributed by atoms with Gasteiger partial charge in [-0.05, 0) is 60.4 Å². The van der Waals surface area contributed by atoms with Crippen molar-refractivity contribution in [3.8, 4) is 0 Å². The number of amides is 3.